The summed E-state index contributed by atoms with van der Waals surface area (Å²) in [6.45, 7) is 2.66. The summed E-state index contributed by atoms with van der Waals surface area (Å²) < 4.78 is 4.66. The van der Waals surface area contributed by atoms with Gasteiger partial charge in [0.15, 0.2) is 0 Å². The molecule has 6 heteroatoms. The van der Waals surface area contributed by atoms with Gasteiger partial charge in [0.05, 0.1) is 18.6 Å². The molecule has 22 heavy (non-hydrogen) atoms. The first-order valence-electron chi connectivity index (χ1n) is 7.26. The first kappa shape index (κ1) is 16.0. The van der Waals surface area contributed by atoms with Crippen LogP contribution in [0.5, 0.6) is 0 Å². The Morgan fingerprint density at radius 2 is 2.09 bits per heavy atom. The van der Waals surface area contributed by atoms with Gasteiger partial charge < -0.3 is 15.0 Å². The molecule has 0 aromatic heterocycles. The molecule has 1 aromatic carbocycles. The fourth-order valence-electron chi connectivity index (χ4n) is 2.56. The van der Waals surface area contributed by atoms with E-state index in [9.17, 15) is 14.4 Å². The van der Waals surface area contributed by atoms with Crippen molar-refractivity contribution in [3.05, 3.63) is 29.8 Å². The fourth-order valence-corrected chi connectivity index (χ4v) is 2.56. The molecule has 1 heterocycles. The van der Waals surface area contributed by atoms with E-state index >= 15 is 0 Å². The van der Waals surface area contributed by atoms with E-state index in [1.165, 1.54) is 14.0 Å². The first-order chi connectivity index (χ1) is 10.5. The van der Waals surface area contributed by atoms with Crippen LogP contribution in [0, 0.1) is 5.92 Å². The molecule has 0 saturated carbocycles. The first-order valence-corrected chi connectivity index (χ1v) is 7.26. The Kier molecular flexibility index (Phi) is 5.14. The monoisotopic (exact) mass is 304 g/mol. The summed E-state index contributed by atoms with van der Waals surface area (Å²) in [6.07, 6.45) is 1.58. The van der Waals surface area contributed by atoms with Crippen molar-refractivity contribution in [3.8, 4) is 0 Å². The molecule has 1 aliphatic rings. The molecule has 2 rings (SSSR count). The summed E-state index contributed by atoms with van der Waals surface area (Å²) in [7, 11) is 1.31. The molecule has 1 aromatic rings. The maximum Gasteiger partial charge on any atom is 0.337 e. The SMILES string of the molecule is COC(=O)c1cccc(NC(=O)C2CCCN(C(C)=O)C2)c1. The summed E-state index contributed by atoms with van der Waals surface area (Å²) in [6, 6.07) is 6.61. The number of nitrogens with one attached hydrogen (secondary N) is 1. The molecule has 0 aliphatic carbocycles. The van der Waals surface area contributed by atoms with Gasteiger partial charge in [0, 0.05) is 25.7 Å². The Morgan fingerprint density at radius 1 is 1.32 bits per heavy atom. The van der Waals surface area contributed by atoms with Crippen molar-refractivity contribution in [2.45, 2.75) is 19.8 Å². The number of anilines is 1. The van der Waals surface area contributed by atoms with Gasteiger partial charge in [-0.3, -0.25) is 9.59 Å². The number of hydrogen-bond acceptors (Lipinski definition) is 4. The summed E-state index contributed by atoms with van der Waals surface area (Å²) in [5.74, 6) is -0.811. The van der Waals surface area contributed by atoms with Crippen LogP contribution >= 0.6 is 0 Å². The number of likely N-dealkylation sites (tertiary alicyclic amines) is 1. The molecule has 0 radical (unpaired) electrons. The van der Waals surface area contributed by atoms with Crippen molar-refractivity contribution < 1.29 is 19.1 Å². The number of hydrogen-bond donors (Lipinski definition) is 1. The average molecular weight is 304 g/mol. The second-order valence-corrected chi connectivity index (χ2v) is 5.37. The largest absolute Gasteiger partial charge is 0.465 e. The molecular weight excluding hydrogens is 284 g/mol. The van der Waals surface area contributed by atoms with Crippen LogP contribution in [0.15, 0.2) is 24.3 Å². The van der Waals surface area contributed by atoms with Crippen LogP contribution in [0.25, 0.3) is 0 Å². The number of esters is 1. The van der Waals surface area contributed by atoms with Gasteiger partial charge in [-0.05, 0) is 31.0 Å². The summed E-state index contributed by atoms with van der Waals surface area (Å²) in [4.78, 5) is 36.9. The van der Waals surface area contributed by atoms with Crippen molar-refractivity contribution in [3.63, 3.8) is 0 Å². The van der Waals surface area contributed by atoms with E-state index in [0.29, 0.717) is 24.3 Å². The number of methoxy groups -OCH3 is 1. The molecule has 0 bridgehead atoms. The summed E-state index contributed by atoms with van der Waals surface area (Å²) in [5, 5.41) is 2.81. The van der Waals surface area contributed by atoms with Crippen LogP contribution in [0.1, 0.15) is 30.1 Å². The van der Waals surface area contributed by atoms with E-state index < -0.39 is 5.97 Å². The highest BCUT2D eigenvalue weighted by atomic mass is 16.5. The van der Waals surface area contributed by atoms with Gasteiger partial charge in [-0.25, -0.2) is 4.79 Å². The zero-order chi connectivity index (χ0) is 16.1. The lowest BCUT2D eigenvalue weighted by molar-refractivity contribution is -0.132. The highest BCUT2D eigenvalue weighted by Gasteiger charge is 2.27. The normalized spacial score (nSPS) is 17.7. The minimum Gasteiger partial charge on any atom is -0.465 e. The smallest absolute Gasteiger partial charge is 0.337 e. The van der Waals surface area contributed by atoms with Crippen LogP contribution in [0.2, 0.25) is 0 Å². The second kappa shape index (κ2) is 7.06. The van der Waals surface area contributed by atoms with E-state index in [-0.39, 0.29) is 17.7 Å². The number of amides is 2. The van der Waals surface area contributed by atoms with Gasteiger partial charge in [0.25, 0.3) is 0 Å². The van der Waals surface area contributed by atoms with Crippen molar-refractivity contribution in [2.75, 3.05) is 25.5 Å². The number of carbonyl (C=O) groups is 3. The highest BCUT2D eigenvalue weighted by molar-refractivity contribution is 5.95. The standard InChI is InChI=1S/C16H20N2O4/c1-11(19)18-8-4-6-13(10-18)15(20)17-14-7-3-5-12(9-14)16(21)22-2/h3,5,7,9,13H,4,6,8,10H2,1-2H3,(H,17,20). The number of carbonyl (C=O) groups excluding carboxylic acids is 3. The van der Waals surface area contributed by atoms with Gasteiger partial charge in [-0.2, -0.15) is 0 Å². The third kappa shape index (κ3) is 3.84. The number of nitrogens with zero attached hydrogens (tertiary/aromatic N) is 1. The van der Waals surface area contributed by atoms with E-state index in [1.54, 1.807) is 29.2 Å². The average Bonchev–Trinajstić information content (AvgIpc) is 2.54. The highest BCUT2D eigenvalue weighted by Crippen LogP contribution is 2.19. The maximum absolute atomic E-state index is 12.3. The molecule has 1 atom stereocenters. The van der Waals surface area contributed by atoms with Gasteiger partial charge in [0.2, 0.25) is 11.8 Å². The minimum atomic E-state index is -0.448. The Labute approximate surface area is 129 Å². The molecule has 118 valence electrons. The molecule has 1 saturated heterocycles. The molecule has 1 unspecified atom stereocenters. The third-order valence-electron chi connectivity index (χ3n) is 3.79. The third-order valence-corrected chi connectivity index (χ3v) is 3.79. The number of benzene rings is 1. The van der Waals surface area contributed by atoms with E-state index in [2.05, 4.69) is 10.1 Å². The predicted octanol–water partition coefficient (Wildman–Crippen LogP) is 1.67. The van der Waals surface area contributed by atoms with Crippen LogP contribution in [0.4, 0.5) is 5.69 Å². The van der Waals surface area contributed by atoms with Crippen LogP contribution in [0.3, 0.4) is 0 Å². The van der Waals surface area contributed by atoms with Crippen molar-refractivity contribution >= 4 is 23.5 Å². The maximum atomic E-state index is 12.3. The van der Waals surface area contributed by atoms with Gasteiger partial charge in [0.1, 0.15) is 0 Å². The summed E-state index contributed by atoms with van der Waals surface area (Å²) >= 11 is 0. The molecular formula is C16H20N2O4. The van der Waals surface area contributed by atoms with Crippen molar-refractivity contribution in [1.82, 2.24) is 4.90 Å². The number of piperidine rings is 1. The molecule has 1 aliphatic heterocycles. The lowest BCUT2D eigenvalue weighted by Gasteiger charge is -2.31. The quantitative estimate of drug-likeness (QED) is 0.862. The number of rotatable bonds is 3. The predicted molar refractivity (Wildman–Crippen MR) is 81.4 cm³/mol. The van der Waals surface area contributed by atoms with E-state index in [4.69, 9.17) is 0 Å². The molecule has 6 nitrogen and oxygen atoms in total. The van der Waals surface area contributed by atoms with E-state index in [1.807, 2.05) is 0 Å². The molecule has 1 N–H and O–H groups in total. The van der Waals surface area contributed by atoms with Crippen LogP contribution < -0.4 is 5.32 Å². The van der Waals surface area contributed by atoms with Crippen LogP contribution in [-0.2, 0) is 14.3 Å². The lowest BCUT2D eigenvalue weighted by Crippen LogP contribution is -2.42. The van der Waals surface area contributed by atoms with E-state index in [0.717, 1.165) is 12.8 Å². The van der Waals surface area contributed by atoms with Gasteiger partial charge >= 0.3 is 5.97 Å². The Balaban J connectivity index is 2.02. The zero-order valence-corrected chi connectivity index (χ0v) is 12.8. The van der Waals surface area contributed by atoms with Crippen molar-refractivity contribution in [2.24, 2.45) is 5.92 Å². The molecule has 0 spiro atoms. The van der Waals surface area contributed by atoms with Crippen molar-refractivity contribution in [1.29, 1.82) is 0 Å². The Hall–Kier alpha value is -2.37. The van der Waals surface area contributed by atoms with Gasteiger partial charge in [-0.1, -0.05) is 6.07 Å². The Bertz CT molecular complexity index is 585. The second-order valence-electron chi connectivity index (χ2n) is 5.37. The summed E-state index contributed by atoms with van der Waals surface area (Å²) in [5.41, 5.74) is 0.933. The fraction of sp³-hybridized carbons (Fsp3) is 0.438. The lowest BCUT2D eigenvalue weighted by atomic mass is 9.97. The molecule has 2 amide bonds. The zero-order valence-electron chi connectivity index (χ0n) is 12.8. The minimum absolute atomic E-state index is 0.00908. The Morgan fingerprint density at radius 3 is 2.77 bits per heavy atom. The molecule has 1 fully saturated rings. The van der Waals surface area contributed by atoms with Crippen LogP contribution in [-0.4, -0.2) is 42.9 Å². The topological polar surface area (TPSA) is 75.7 Å². The number of ether oxygens (including phenoxy) is 1. The van der Waals surface area contributed by atoms with Gasteiger partial charge in [-0.15, -0.1) is 0 Å².